The van der Waals surface area contributed by atoms with Gasteiger partial charge in [-0.25, -0.2) is 9.79 Å². The van der Waals surface area contributed by atoms with Crippen molar-refractivity contribution in [2.24, 2.45) is 4.99 Å². The van der Waals surface area contributed by atoms with Gasteiger partial charge < -0.3 is 9.64 Å². The first-order chi connectivity index (χ1) is 12.9. The van der Waals surface area contributed by atoms with E-state index in [-0.39, 0.29) is 11.6 Å². The molecule has 2 aromatic carbocycles. The highest BCUT2D eigenvalue weighted by Crippen LogP contribution is 2.38. The van der Waals surface area contributed by atoms with Gasteiger partial charge in [-0.2, -0.15) is 0 Å². The normalized spacial score (nSPS) is 15.3. The highest BCUT2D eigenvalue weighted by Gasteiger charge is 2.28. The van der Waals surface area contributed by atoms with Gasteiger partial charge in [0.15, 0.2) is 5.70 Å². The lowest BCUT2D eigenvalue weighted by molar-refractivity contribution is -0.129. The van der Waals surface area contributed by atoms with Crippen molar-refractivity contribution in [2.75, 3.05) is 19.0 Å². The number of benzene rings is 2. The quantitative estimate of drug-likeness (QED) is 0.410. The number of ether oxygens (including phenoxy) is 1. The molecule has 0 unspecified atom stereocenters. The number of hydrogen-bond acceptors (Lipinski definition) is 5. The van der Waals surface area contributed by atoms with Gasteiger partial charge in [0.2, 0.25) is 5.90 Å². The van der Waals surface area contributed by atoms with Crippen LogP contribution in [0, 0.1) is 0 Å². The van der Waals surface area contributed by atoms with Crippen molar-refractivity contribution in [1.29, 1.82) is 0 Å². The average molecular weight is 417 g/mol. The SMILES string of the molecule is CN(C)c1ccc(/C=C2/N=C(c3sc4cc(Cl)ccc4c3Cl)OC2=O)cc1. The Kier molecular flexibility index (Phi) is 4.68. The van der Waals surface area contributed by atoms with Crippen LogP contribution >= 0.6 is 34.5 Å². The molecule has 0 saturated heterocycles. The van der Waals surface area contributed by atoms with E-state index < -0.39 is 5.97 Å². The summed E-state index contributed by atoms with van der Waals surface area (Å²) in [5.74, 6) is -0.272. The predicted octanol–water partition coefficient (Wildman–Crippen LogP) is 5.62. The number of fused-ring (bicyclic) bond motifs is 1. The molecule has 1 aromatic heterocycles. The highest BCUT2D eigenvalue weighted by atomic mass is 35.5. The van der Waals surface area contributed by atoms with E-state index in [1.807, 2.05) is 55.4 Å². The summed E-state index contributed by atoms with van der Waals surface area (Å²) in [6.07, 6.45) is 1.70. The topological polar surface area (TPSA) is 41.9 Å². The summed E-state index contributed by atoms with van der Waals surface area (Å²) in [6, 6.07) is 13.3. The number of carbonyl (C=O) groups excluding carboxylic acids is 1. The summed E-state index contributed by atoms with van der Waals surface area (Å²) in [5.41, 5.74) is 2.19. The zero-order valence-electron chi connectivity index (χ0n) is 14.5. The molecule has 7 heteroatoms. The number of hydrogen-bond donors (Lipinski definition) is 0. The van der Waals surface area contributed by atoms with Crippen molar-refractivity contribution in [3.05, 3.63) is 68.6 Å². The van der Waals surface area contributed by atoms with Crippen LogP contribution in [0.25, 0.3) is 16.2 Å². The Morgan fingerprint density at radius 3 is 2.56 bits per heavy atom. The Labute approximate surface area is 170 Å². The van der Waals surface area contributed by atoms with E-state index in [1.165, 1.54) is 11.3 Å². The largest absolute Gasteiger partial charge is 0.401 e. The third-order valence-corrected chi connectivity index (χ3v) is 6.00. The molecule has 2 heterocycles. The number of halogens is 2. The first-order valence-corrected chi connectivity index (χ1v) is 9.67. The Balaban J connectivity index is 1.70. The van der Waals surface area contributed by atoms with E-state index in [0.717, 1.165) is 21.3 Å². The zero-order chi connectivity index (χ0) is 19.1. The molecule has 1 aliphatic rings. The van der Waals surface area contributed by atoms with Crippen molar-refractivity contribution in [2.45, 2.75) is 0 Å². The summed E-state index contributed by atoms with van der Waals surface area (Å²) in [6.45, 7) is 0. The maximum absolute atomic E-state index is 12.2. The molecule has 0 N–H and O–H groups in total. The second-order valence-electron chi connectivity index (χ2n) is 6.21. The minimum atomic E-state index is -0.492. The molecule has 0 spiro atoms. The van der Waals surface area contributed by atoms with Gasteiger partial charge in [0.25, 0.3) is 0 Å². The fourth-order valence-electron chi connectivity index (χ4n) is 2.71. The number of aliphatic imine (C=N–C) groups is 1. The zero-order valence-corrected chi connectivity index (χ0v) is 16.8. The van der Waals surface area contributed by atoms with Crippen molar-refractivity contribution < 1.29 is 9.53 Å². The number of rotatable bonds is 3. The molecule has 0 aliphatic carbocycles. The maximum Gasteiger partial charge on any atom is 0.363 e. The Hall–Kier alpha value is -2.34. The first kappa shape index (κ1) is 18.0. The molecule has 3 aromatic rings. The van der Waals surface area contributed by atoms with Crippen LogP contribution in [0.2, 0.25) is 10.0 Å². The molecular weight excluding hydrogens is 403 g/mol. The fraction of sp³-hybridized carbons (Fsp3) is 0.100. The molecule has 0 atom stereocenters. The maximum atomic E-state index is 12.2. The van der Waals surface area contributed by atoms with Gasteiger partial charge in [-0.1, -0.05) is 41.4 Å². The van der Waals surface area contributed by atoms with Gasteiger partial charge >= 0.3 is 5.97 Å². The molecule has 0 saturated carbocycles. The van der Waals surface area contributed by atoms with Gasteiger partial charge in [-0.15, -0.1) is 11.3 Å². The smallest absolute Gasteiger partial charge is 0.363 e. The number of anilines is 1. The second-order valence-corrected chi connectivity index (χ2v) is 8.07. The van der Waals surface area contributed by atoms with Crippen LogP contribution in [0.5, 0.6) is 0 Å². The van der Waals surface area contributed by atoms with Crippen LogP contribution in [0.1, 0.15) is 10.4 Å². The fourth-order valence-corrected chi connectivity index (χ4v) is 4.42. The number of thiophene rings is 1. The molecule has 0 amide bonds. The first-order valence-electron chi connectivity index (χ1n) is 8.10. The molecular formula is C20H14Cl2N2O2S. The lowest BCUT2D eigenvalue weighted by Crippen LogP contribution is -2.08. The van der Waals surface area contributed by atoms with Crippen LogP contribution in [0.4, 0.5) is 5.69 Å². The second kappa shape index (κ2) is 7.00. The number of nitrogens with zero attached hydrogens (tertiary/aromatic N) is 2. The molecule has 0 bridgehead atoms. The van der Waals surface area contributed by atoms with E-state index in [9.17, 15) is 4.79 Å². The molecule has 1 aliphatic heterocycles. The Morgan fingerprint density at radius 1 is 1.11 bits per heavy atom. The van der Waals surface area contributed by atoms with Crippen molar-refractivity contribution >= 4 is 68.3 Å². The van der Waals surface area contributed by atoms with Gasteiger partial charge in [0.05, 0.1) is 5.02 Å². The molecule has 0 fully saturated rings. The Bertz CT molecular complexity index is 1110. The van der Waals surface area contributed by atoms with Crippen LogP contribution in [0.15, 0.2) is 53.2 Å². The number of carbonyl (C=O) groups is 1. The van der Waals surface area contributed by atoms with Gasteiger partial charge in [-0.05, 0) is 35.9 Å². The number of esters is 1. The molecule has 27 heavy (non-hydrogen) atoms. The lowest BCUT2D eigenvalue weighted by atomic mass is 10.1. The van der Waals surface area contributed by atoms with E-state index in [0.29, 0.717) is 14.9 Å². The third kappa shape index (κ3) is 3.46. The third-order valence-electron chi connectivity index (χ3n) is 4.12. The summed E-state index contributed by atoms with van der Waals surface area (Å²) >= 11 is 13.9. The Morgan fingerprint density at radius 2 is 1.85 bits per heavy atom. The van der Waals surface area contributed by atoms with Gasteiger partial charge in [-0.3, -0.25) is 0 Å². The molecule has 4 rings (SSSR count). The summed E-state index contributed by atoms with van der Waals surface area (Å²) in [4.78, 5) is 19.2. The van der Waals surface area contributed by atoms with Crippen LogP contribution in [-0.4, -0.2) is 26.0 Å². The van der Waals surface area contributed by atoms with Crippen molar-refractivity contribution in [3.8, 4) is 0 Å². The average Bonchev–Trinajstić information content (AvgIpc) is 3.15. The molecule has 136 valence electrons. The lowest BCUT2D eigenvalue weighted by Gasteiger charge is -2.11. The predicted molar refractivity (Wildman–Crippen MR) is 113 cm³/mol. The van der Waals surface area contributed by atoms with E-state index in [4.69, 9.17) is 27.9 Å². The van der Waals surface area contributed by atoms with E-state index in [2.05, 4.69) is 4.99 Å². The summed E-state index contributed by atoms with van der Waals surface area (Å²) < 4.78 is 6.28. The monoisotopic (exact) mass is 416 g/mol. The summed E-state index contributed by atoms with van der Waals surface area (Å²) in [7, 11) is 3.95. The van der Waals surface area contributed by atoms with Crippen LogP contribution < -0.4 is 4.90 Å². The molecule has 4 nitrogen and oxygen atoms in total. The minimum Gasteiger partial charge on any atom is -0.401 e. The van der Waals surface area contributed by atoms with Crippen molar-refractivity contribution in [1.82, 2.24) is 0 Å². The minimum absolute atomic E-state index is 0.221. The molecule has 0 radical (unpaired) electrons. The van der Waals surface area contributed by atoms with Gasteiger partial charge in [0.1, 0.15) is 4.88 Å². The van der Waals surface area contributed by atoms with E-state index in [1.54, 1.807) is 12.1 Å². The van der Waals surface area contributed by atoms with Gasteiger partial charge in [0, 0.05) is 34.9 Å². The standard InChI is InChI=1S/C20H14Cl2N2O2S/c1-24(2)13-6-3-11(4-7-13)9-15-20(25)26-19(23-15)18-17(22)14-8-5-12(21)10-16(14)27-18/h3-10H,1-2H3/b15-9+. The van der Waals surface area contributed by atoms with Crippen LogP contribution in [-0.2, 0) is 9.53 Å². The highest BCUT2D eigenvalue weighted by molar-refractivity contribution is 7.21. The van der Waals surface area contributed by atoms with E-state index >= 15 is 0 Å². The number of cyclic esters (lactones) is 1. The van der Waals surface area contributed by atoms with Crippen molar-refractivity contribution in [3.63, 3.8) is 0 Å². The summed E-state index contributed by atoms with van der Waals surface area (Å²) in [5, 5.41) is 1.99. The van der Waals surface area contributed by atoms with Crippen LogP contribution in [0.3, 0.4) is 0 Å².